The second-order valence-corrected chi connectivity index (χ2v) is 4.57. The number of amides is 1. The van der Waals surface area contributed by atoms with Gasteiger partial charge in [0.25, 0.3) is 5.91 Å². The van der Waals surface area contributed by atoms with E-state index in [0.717, 1.165) is 5.56 Å². The van der Waals surface area contributed by atoms with E-state index >= 15 is 0 Å². The zero-order chi connectivity index (χ0) is 14.5. The molecule has 0 atom stereocenters. The minimum absolute atomic E-state index is 0.109. The van der Waals surface area contributed by atoms with Crippen molar-refractivity contribution in [1.82, 2.24) is 5.43 Å². The number of nitrogens with one attached hydrogen (secondary N) is 1. The van der Waals surface area contributed by atoms with E-state index in [-0.39, 0.29) is 11.7 Å². The van der Waals surface area contributed by atoms with Crippen molar-refractivity contribution in [2.75, 3.05) is 0 Å². The van der Waals surface area contributed by atoms with Crippen LogP contribution < -0.4 is 5.43 Å². The number of hydrazone groups is 1. The van der Waals surface area contributed by atoms with Gasteiger partial charge in [-0.05, 0) is 37.3 Å². The quantitative estimate of drug-likeness (QED) is 0.673. The fourth-order valence-corrected chi connectivity index (χ4v) is 1.90. The Morgan fingerprint density at radius 2 is 1.80 bits per heavy atom. The summed E-state index contributed by atoms with van der Waals surface area (Å²) >= 11 is 6.05. The van der Waals surface area contributed by atoms with Crippen LogP contribution in [0.3, 0.4) is 0 Å². The molecule has 0 aromatic heterocycles. The molecule has 0 bridgehead atoms. The highest BCUT2D eigenvalue weighted by molar-refractivity contribution is 6.34. The van der Waals surface area contributed by atoms with E-state index in [1.165, 1.54) is 24.3 Å². The molecule has 0 unspecified atom stereocenters. The fraction of sp³-hybridized carbons (Fsp3) is 0.0667. The highest BCUT2D eigenvalue weighted by Crippen LogP contribution is 2.15. The Labute approximate surface area is 121 Å². The van der Waals surface area contributed by atoms with Crippen molar-refractivity contribution in [2.45, 2.75) is 6.92 Å². The molecule has 0 saturated heterocycles. The molecule has 0 radical (unpaired) electrons. The maximum absolute atomic E-state index is 11.8. The van der Waals surface area contributed by atoms with E-state index < -0.39 is 0 Å². The zero-order valence-corrected chi connectivity index (χ0v) is 11.6. The third-order valence-electron chi connectivity index (χ3n) is 2.72. The molecule has 0 aliphatic carbocycles. The smallest absolute Gasteiger partial charge is 0.271 e. The van der Waals surface area contributed by atoms with Gasteiger partial charge in [-0.2, -0.15) is 5.10 Å². The van der Waals surface area contributed by atoms with Crippen molar-refractivity contribution >= 4 is 23.2 Å². The summed E-state index contributed by atoms with van der Waals surface area (Å²) < 4.78 is 0. The van der Waals surface area contributed by atoms with Crippen molar-refractivity contribution < 1.29 is 9.90 Å². The summed E-state index contributed by atoms with van der Waals surface area (Å²) in [5, 5.41) is 13.8. The lowest BCUT2D eigenvalue weighted by molar-refractivity contribution is 0.0955. The van der Waals surface area contributed by atoms with E-state index in [9.17, 15) is 4.79 Å². The van der Waals surface area contributed by atoms with Crippen LogP contribution in [0.15, 0.2) is 53.6 Å². The number of carbonyl (C=O) groups is 1. The van der Waals surface area contributed by atoms with Crippen molar-refractivity contribution in [2.24, 2.45) is 5.10 Å². The van der Waals surface area contributed by atoms with Crippen LogP contribution in [0.2, 0.25) is 5.02 Å². The second kappa shape index (κ2) is 6.21. The Morgan fingerprint density at radius 3 is 2.45 bits per heavy atom. The van der Waals surface area contributed by atoms with Crippen LogP contribution in [0, 0.1) is 0 Å². The summed E-state index contributed by atoms with van der Waals surface area (Å²) in [7, 11) is 0. The second-order valence-electron chi connectivity index (χ2n) is 4.16. The molecule has 0 aliphatic rings. The number of hydrogen-bond acceptors (Lipinski definition) is 3. The lowest BCUT2D eigenvalue weighted by Gasteiger charge is -2.04. The van der Waals surface area contributed by atoms with Gasteiger partial charge in [0, 0.05) is 16.1 Å². The maximum Gasteiger partial charge on any atom is 0.271 e. The Kier molecular flexibility index (Phi) is 4.38. The summed E-state index contributed by atoms with van der Waals surface area (Å²) in [6.45, 7) is 1.76. The average molecular weight is 289 g/mol. The number of aromatic hydroxyl groups is 1. The Morgan fingerprint density at radius 1 is 1.15 bits per heavy atom. The number of phenols is 1. The molecular formula is C15H13ClN2O2. The SMILES string of the molecule is C/C(=N\NC(=O)c1ccc(O)cc1)c1ccccc1Cl. The number of benzene rings is 2. The minimum Gasteiger partial charge on any atom is -0.508 e. The molecule has 1 amide bonds. The third-order valence-corrected chi connectivity index (χ3v) is 3.05. The van der Waals surface area contributed by atoms with Crippen LogP contribution >= 0.6 is 11.6 Å². The Bertz CT molecular complexity index is 651. The summed E-state index contributed by atoms with van der Waals surface area (Å²) in [6.07, 6.45) is 0. The predicted octanol–water partition coefficient (Wildman–Crippen LogP) is 3.20. The van der Waals surface area contributed by atoms with Crippen LogP contribution in [0.4, 0.5) is 0 Å². The molecule has 2 aromatic rings. The maximum atomic E-state index is 11.8. The first-order valence-corrected chi connectivity index (χ1v) is 6.34. The lowest BCUT2D eigenvalue weighted by atomic mass is 10.1. The number of nitrogens with zero attached hydrogens (tertiary/aromatic N) is 1. The molecule has 5 heteroatoms. The molecule has 20 heavy (non-hydrogen) atoms. The van der Waals surface area contributed by atoms with E-state index in [2.05, 4.69) is 10.5 Å². The van der Waals surface area contributed by atoms with E-state index in [1.54, 1.807) is 13.0 Å². The molecule has 2 rings (SSSR count). The summed E-state index contributed by atoms with van der Waals surface area (Å²) in [6, 6.07) is 13.2. The number of halogens is 1. The fourth-order valence-electron chi connectivity index (χ4n) is 1.63. The largest absolute Gasteiger partial charge is 0.508 e. The molecule has 0 saturated carbocycles. The summed E-state index contributed by atoms with van der Waals surface area (Å²) in [5.41, 5.74) is 4.25. The number of carbonyl (C=O) groups excluding carboxylic acids is 1. The minimum atomic E-state index is -0.351. The molecule has 0 fully saturated rings. The molecule has 0 aliphatic heterocycles. The van der Waals surface area contributed by atoms with Gasteiger partial charge in [0.1, 0.15) is 5.75 Å². The summed E-state index contributed by atoms with van der Waals surface area (Å²) in [5.74, 6) is -0.242. The van der Waals surface area contributed by atoms with Gasteiger partial charge in [-0.3, -0.25) is 4.79 Å². The van der Waals surface area contributed by atoms with Crippen LogP contribution in [0.1, 0.15) is 22.8 Å². The Balaban J connectivity index is 2.11. The van der Waals surface area contributed by atoms with Crippen LogP contribution in [-0.4, -0.2) is 16.7 Å². The van der Waals surface area contributed by atoms with Crippen molar-refractivity contribution in [3.05, 3.63) is 64.7 Å². The standard InChI is InChI=1S/C15H13ClN2O2/c1-10(13-4-2-3-5-14(13)16)17-18-15(20)11-6-8-12(19)9-7-11/h2-9,19H,1H3,(H,18,20)/b17-10+. The molecule has 102 valence electrons. The van der Waals surface area contributed by atoms with Crippen molar-refractivity contribution in [3.63, 3.8) is 0 Å². The van der Waals surface area contributed by atoms with E-state index in [4.69, 9.17) is 16.7 Å². The molecule has 2 N–H and O–H groups in total. The van der Waals surface area contributed by atoms with Crippen LogP contribution in [0.5, 0.6) is 5.75 Å². The van der Waals surface area contributed by atoms with E-state index in [1.807, 2.05) is 18.2 Å². The first-order valence-electron chi connectivity index (χ1n) is 5.96. The van der Waals surface area contributed by atoms with E-state index in [0.29, 0.717) is 16.3 Å². The lowest BCUT2D eigenvalue weighted by Crippen LogP contribution is -2.19. The average Bonchev–Trinajstić information content (AvgIpc) is 2.45. The molecular weight excluding hydrogens is 276 g/mol. The number of hydrogen-bond donors (Lipinski definition) is 2. The monoisotopic (exact) mass is 288 g/mol. The van der Waals surface area contributed by atoms with Crippen molar-refractivity contribution in [1.29, 1.82) is 0 Å². The number of rotatable bonds is 3. The first kappa shape index (κ1) is 14.1. The zero-order valence-electron chi connectivity index (χ0n) is 10.8. The summed E-state index contributed by atoms with van der Waals surface area (Å²) in [4.78, 5) is 11.8. The van der Waals surface area contributed by atoms with Gasteiger partial charge in [-0.1, -0.05) is 29.8 Å². The highest BCUT2D eigenvalue weighted by Gasteiger charge is 2.06. The van der Waals surface area contributed by atoms with Crippen molar-refractivity contribution in [3.8, 4) is 5.75 Å². The predicted molar refractivity (Wildman–Crippen MR) is 79.2 cm³/mol. The van der Waals surface area contributed by atoms with Gasteiger partial charge in [0.15, 0.2) is 0 Å². The van der Waals surface area contributed by atoms with Gasteiger partial charge < -0.3 is 5.11 Å². The topological polar surface area (TPSA) is 61.7 Å². The molecule has 4 nitrogen and oxygen atoms in total. The number of phenolic OH excluding ortho intramolecular Hbond substituents is 1. The molecule has 0 spiro atoms. The van der Waals surface area contributed by atoms with Gasteiger partial charge >= 0.3 is 0 Å². The highest BCUT2D eigenvalue weighted by atomic mass is 35.5. The Hall–Kier alpha value is -2.33. The van der Waals surface area contributed by atoms with Gasteiger partial charge in [0.2, 0.25) is 0 Å². The van der Waals surface area contributed by atoms with Gasteiger partial charge in [0.05, 0.1) is 5.71 Å². The van der Waals surface area contributed by atoms with Gasteiger partial charge in [-0.25, -0.2) is 5.43 Å². The third kappa shape index (κ3) is 3.36. The first-order chi connectivity index (χ1) is 9.58. The van der Waals surface area contributed by atoms with Crippen LogP contribution in [-0.2, 0) is 0 Å². The van der Waals surface area contributed by atoms with Crippen LogP contribution in [0.25, 0.3) is 0 Å². The normalized spacial score (nSPS) is 11.2. The molecule has 2 aromatic carbocycles. The van der Waals surface area contributed by atoms with Gasteiger partial charge in [-0.15, -0.1) is 0 Å². The molecule has 0 heterocycles.